The molecule has 2 aromatic carbocycles. The van der Waals surface area contributed by atoms with E-state index in [-0.39, 0.29) is 42.2 Å². The van der Waals surface area contributed by atoms with Crippen molar-refractivity contribution in [2.45, 2.75) is 82.5 Å². The zero-order valence-electron chi connectivity index (χ0n) is 25.0. The van der Waals surface area contributed by atoms with Crippen molar-refractivity contribution in [2.24, 2.45) is 17.6 Å². The fraction of sp³-hybridized carbons (Fsp3) is 0.594. The van der Waals surface area contributed by atoms with Gasteiger partial charge < -0.3 is 21.1 Å². The highest BCUT2D eigenvalue weighted by molar-refractivity contribution is 7.89. The lowest BCUT2D eigenvalue weighted by atomic mass is 9.74. The summed E-state index contributed by atoms with van der Waals surface area (Å²) in [7, 11) is -3.36. The Morgan fingerprint density at radius 1 is 1.21 bits per heavy atom. The Hall–Kier alpha value is -2.08. The molecule has 5 rings (SSSR count). The second kappa shape index (κ2) is 13.9. The van der Waals surface area contributed by atoms with Crippen LogP contribution in [-0.4, -0.2) is 68.3 Å². The molecule has 236 valence electrons. The molecule has 3 aliphatic heterocycles. The molecule has 2 bridgehead atoms. The number of halogens is 2. The van der Waals surface area contributed by atoms with E-state index in [1.54, 1.807) is 16.4 Å². The Labute approximate surface area is 259 Å². The summed E-state index contributed by atoms with van der Waals surface area (Å²) in [4.78, 5) is 13.8. The molecule has 0 aromatic heterocycles. The molecule has 3 heterocycles. The van der Waals surface area contributed by atoms with Crippen molar-refractivity contribution in [3.63, 3.8) is 0 Å². The maximum Gasteiger partial charge on any atom is 0.241 e. The van der Waals surface area contributed by atoms with Gasteiger partial charge in [0, 0.05) is 54.0 Å². The SMILES string of the molecule is CC(C)C1CC(C(c2ccc(Cl)cc2)C(N)C(=O)Nc2cccc(F)c2CCC2CNC3CCCS(=O)(=O)N2C3)CCO1. The van der Waals surface area contributed by atoms with Gasteiger partial charge in [0.05, 0.1) is 17.9 Å². The molecule has 2 aromatic rings. The van der Waals surface area contributed by atoms with Crippen LogP contribution in [0.1, 0.15) is 63.0 Å². The number of hydrogen-bond donors (Lipinski definition) is 3. The van der Waals surface area contributed by atoms with Gasteiger partial charge in [-0.25, -0.2) is 12.8 Å². The number of ether oxygens (including phenoxy) is 1. The maximum atomic E-state index is 15.2. The number of fused-ring (bicyclic) bond motifs is 2. The molecule has 0 aliphatic carbocycles. The molecular formula is C32H44ClFN4O4S. The van der Waals surface area contributed by atoms with Crippen LogP contribution in [0.4, 0.5) is 10.1 Å². The van der Waals surface area contributed by atoms with Gasteiger partial charge in [-0.3, -0.25) is 4.79 Å². The molecule has 0 saturated carbocycles. The lowest BCUT2D eigenvalue weighted by Crippen LogP contribution is -2.57. The van der Waals surface area contributed by atoms with Gasteiger partial charge >= 0.3 is 0 Å². The van der Waals surface area contributed by atoms with Gasteiger partial charge in [-0.2, -0.15) is 4.31 Å². The molecule has 0 spiro atoms. The molecule has 43 heavy (non-hydrogen) atoms. The van der Waals surface area contributed by atoms with Crippen LogP contribution in [-0.2, 0) is 26.0 Å². The van der Waals surface area contributed by atoms with Crippen LogP contribution in [0.5, 0.6) is 0 Å². The molecule has 11 heteroatoms. The van der Waals surface area contributed by atoms with E-state index >= 15 is 4.39 Å². The van der Waals surface area contributed by atoms with E-state index in [0.717, 1.165) is 24.8 Å². The maximum absolute atomic E-state index is 15.2. The molecule has 3 aliphatic rings. The quantitative estimate of drug-likeness (QED) is 0.369. The first-order chi connectivity index (χ1) is 20.5. The number of rotatable bonds is 9. The highest BCUT2D eigenvalue weighted by Gasteiger charge is 2.39. The topological polar surface area (TPSA) is 114 Å². The van der Waals surface area contributed by atoms with Crippen molar-refractivity contribution in [1.29, 1.82) is 0 Å². The number of hydrogen-bond acceptors (Lipinski definition) is 6. The van der Waals surface area contributed by atoms with Gasteiger partial charge in [0.1, 0.15) is 5.82 Å². The number of sulfonamides is 1. The van der Waals surface area contributed by atoms with Crippen molar-refractivity contribution >= 4 is 33.2 Å². The van der Waals surface area contributed by atoms with E-state index in [1.165, 1.54) is 6.07 Å². The number of nitrogens with zero attached hydrogens (tertiary/aromatic N) is 1. The summed E-state index contributed by atoms with van der Waals surface area (Å²) in [6.45, 7) is 5.83. The predicted molar refractivity (Wildman–Crippen MR) is 168 cm³/mol. The number of nitrogens with two attached hydrogens (primary N) is 1. The van der Waals surface area contributed by atoms with Crippen LogP contribution < -0.4 is 16.4 Å². The second-order valence-electron chi connectivity index (χ2n) is 12.6. The van der Waals surface area contributed by atoms with Crippen molar-refractivity contribution < 1.29 is 22.3 Å². The van der Waals surface area contributed by atoms with Gasteiger partial charge in [-0.05, 0) is 80.2 Å². The minimum Gasteiger partial charge on any atom is -0.378 e. The summed E-state index contributed by atoms with van der Waals surface area (Å²) >= 11 is 6.18. The Kier molecular flexibility index (Phi) is 10.5. The normalized spacial score (nSPS) is 28.6. The van der Waals surface area contributed by atoms with E-state index in [9.17, 15) is 13.2 Å². The molecular weight excluding hydrogens is 591 g/mol. The van der Waals surface area contributed by atoms with Gasteiger partial charge in [-0.1, -0.05) is 43.6 Å². The van der Waals surface area contributed by atoms with Gasteiger partial charge in [-0.15, -0.1) is 0 Å². The number of piperazine rings is 1. The summed E-state index contributed by atoms with van der Waals surface area (Å²) in [6.07, 6.45) is 3.81. The van der Waals surface area contributed by atoms with Crippen LogP contribution in [0.25, 0.3) is 0 Å². The molecule has 4 N–H and O–H groups in total. The van der Waals surface area contributed by atoms with Gasteiger partial charge in [0.25, 0.3) is 0 Å². The first-order valence-electron chi connectivity index (χ1n) is 15.5. The standard InChI is InChI=1S/C32H44ClFN4O4S/c1-20(2)29-17-22(14-15-42-29)30(21-8-10-23(33)11-9-21)31(35)32(39)37-28-7-3-6-27(34)26(28)13-12-25-18-36-24-5-4-16-43(40,41)38(25)19-24/h3,6-11,20,22,24-25,29-31,36H,4-5,12-19,35H2,1-2H3,(H,37,39). The molecule has 7 atom stereocenters. The lowest BCUT2D eigenvalue weighted by Gasteiger charge is -2.38. The number of amides is 1. The number of nitrogens with one attached hydrogen (secondary N) is 2. The smallest absolute Gasteiger partial charge is 0.241 e. The van der Waals surface area contributed by atoms with E-state index in [1.807, 2.05) is 24.3 Å². The first-order valence-corrected chi connectivity index (χ1v) is 17.5. The fourth-order valence-electron chi connectivity index (χ4n) is 6.97. The zero-order valence-corrected chi connectivity index (χ0v) is 26.5. The third kappa shape index (κ3) is 7.60. The minimum absolute atomic E-state index is 0.0798. The van der Waals surface area contributed by atoms with Crippen molar-refractivity contribution in [3.05, 3.63) is 64.4 Å². The molecule has 3 saturated heterocycles. The largest absolute Gasteiger partial charge is 0.378 e. The third-order valence-corrected chi connectivity index (χ3v) is 11.6. The molecule has 7 unspecified atom stereocenters. The summed E-state index contributed by atoms with van der Waals surface area (Å²) in [6, 6.07) is 11.1. The molecule has 8 nitrogen and oxygen atoms in total. The van der Waals surface area contributed by atoms with Crippen molar-refractivity contribution in [1.82, 2.24) is 9.62 Å². The number of anilines is 1. The highest BCUT2D eigenvalue weighted by Crippen LogP contribution is 2.38. The molecule has 0 radical (unpaired) electrons. The lowest BCUT2D eigenvalue weighted by molar-refractivity contribution is -0.118. The van der Waals surface area contributed by atoms with Gasteiger partial charge in [0.15, 0.2) is 0 Å². The summed E-state index contributed by atoms with van der Waals surface area (Å²) in [5, 5.41) is 7.00. The summed E-state index contributed by atoms with van der Waals surface area (Å²) in [5.41, 5.74) is 8.40. The van der Waals surface area contributed by atoms with Crippen LogP contribution in [0.15, 0.2) is 42.5 Å². The zero-order chi connectivity index (χ0) is 30.7. The Bertz CT molecular complexity index is 1380. The fourth-order valence-corrected chi connectivity index (χ4v) is 8.90. The minimum atomic E-state index is -3.36. The van der Waals surface area contributed by atoms with Crippen LogP contribution in [0.2, 0.25) is 5.02 Å². The first kappa shape index (κ1) is 32.3. The van der Waals surface area contributed by atoms with Crippen LogP contribution >= 0.6 is 11.6 Å². The van der Waals surface area contributed by atoms with Gasteiger partial charge in [0.2, 0.25) is 15.9 Å². The Balaban J connectivity index is 1.34. The van der Waals surface area contributed by atoms with E-state index in [4.69, 9.17) is 22.1 Å². The number of carbonyl (C=O) groups excluding carboxylic acids is 1. The Morgan fingerprint density at radius 2 is 1.98 bits per heavy atom. The monoisotopic (exact) mass is 634 g/mol. The highest BCUT2D eigenvalue weighted by atomic mass is 35.5. The van der Waals surface area contributed by atoms with E-state index in [0.29, 0.717) is 54.7 Å². The molecule has 1 amide bonds. The average molecular weight is 635 g/mol. The predicted octanol–water partition coefficient (Wildman–Crippen LogP) is 4.68. The van der Waals surface area contributed by atoms with E-state index in [2.05, 4.69) is 24.5 Å². The number of benzene rings is 2. The summed E-state index contributed by atoms with van der Waals surface area (Å²) in [5.74, 6) is -0.521. The van der Waals surface area contributed by atoms with Crippen LogP contribution in [0, 0.1) is 17.7 Å². The summed E-state index contributed by atoms with van der Waals surface area (Å²) < 4.78 is 48.7. The average Bonchev–Trinajstić information content (AvgIpc) is 3.09. The second-order valence-corrected chi connectivity index (χ2v) is 15.1. The third-order valence-electron chi connectivity index (χ3n) is 9.42. The van der Waals surface area contributed by atoms with Crippen molar-refractivity contribution in [3.8, 4) is 0 Å². The molecule has 3 fully saturated rings. The Morgan fingerprint density at radius 3 is 2.72 bits per heavy atom. The van der Waals surface area contributed by atoms with Crippen LogP contribution in [0.3, 0.4) is 0 Å². The van der Waals surface area contributed by atoms with Crippen molar-refractivity contribution in [2.75, 3.05) is 30.8 Å². The van der Waals surface area contributed by atoms with E-state index < -0.39 is 27.8 Å². The number of carbonyl (C=O) groups is 1.